The third-order valence-electron chi connectivity index (χ3n) is 8.41. The van der Waals surface area contributed by atoms with Crippen LogP contribution in [0.5, 0.6) is 0 Å². The molecular weight excluding hydrogens is 626 g/mol. The number of alkyl halides is 1. The number of nitrogens with one attached hydrogen (secondary N) is 2. The van der Waals surface area contributed by atoms with Crippen molar-refractivity contribution < 1.29 is 19.5 Å². The van der Waals surface area contributed by atoms with Crippen LogP contribution in [0.25, 0.3) is 0 Å². The number of anilines is 1. The minimum absolute atomic E-state index is 0.0658. The molecule has 0 radical (unpaired) electrons. The van der Waals surface area contributed by atoms with Crippen LogP contribution in [0, 0.1) is 11.8 Å². The summed E-state index contributed by atoms with van der Waals surface area (Å²) in [5.74, 6) is -2.24. The number of para-hydroxylation sites is 1. The molecule has 7 atom stereocenters. The molecule has 6 rings (SSSR count). The van der Waals surface area contributed by atoms with Crippen LogP contribution in [-0.4, -0.2) is 55.2 Å². The lowest BCUT2D eigenvalue weighted by Gasteiger charge is -2.37. The first-order valence-corrected chi connectivity index (χ1v) is 15.7. The van der Waals surface area contributed by atoms with Crippen molar-refractivity contribution in [3.8, 4) is 0 Å². The second-order valence-corrected chi connectivity index (χ2v) is 13.8. The molecule has 3 aliphatic rings. The summed E-state index contributed by atoms with van der Waals surface area (Å²) in [4.78, 5) is 43.9. The van der Waals surface area contributed by atoms with E-state index >= 15 is 0 Å². The molecule has 41 heavy (non-hydrogen) atoms. The van der Waals surface area contributed by atoms with Crippen molar-refractivity contribution in [1.82, 2.24) is 10.2 Å². The molecule has 10 heteroatoms. The summed E-state index contributed by atoms with van der Waals surface area (Å²) in [6.45, 7) is -0.0248. The van der Waals surface area contributed by atoms with Crippen LogP contribution in [0.1, 0.15) is 23.6 Å². The number of halogens is 2. The number of aliphatic hydroxyl groups excluding tert-OH is 1. The Morgan fingerprint density at radius 1 is 1.02 bits per heavy atom. The number of amides is 3. The van der Waals surface area contributed by atoms with Gasteiger partial charge < -0.3 is 20.6 Å². The first-order valence-electron chi connectivity index (χ1n) is 13.5. The van der Waals surface area contributed by atoms with E-state index in [-0.39, 0.29) is 34.4 Å². The van der Waals surface area contributed by atoms with Crippen LogP contribution >= 0.6 is 39.3 Å². The van der Waals surface area contributed by atoms with Crippen LogP contribution < -0.4 is 10.6 Å². The maximum absolute atomic E-state index is 14.5. The van der Waals surface area contributed by atoms with Gasteiger partial charge in [-0.2, -0.15) is 0 Å². The number of nitrogens with zero attached hydrogens (tertiary/aromatic N) is 1. The van der Waals surface area contributed by atoms with Gasteiger partial charge in [-0.3, -0.25) is 14.4 Å². The Morgan fingerprint density at radius 3 is 2.37 bits per heavy atom. The highest BCUT2D eigenvalue weighted by atomic mass is 79.9. The van der Waals surface area contributed by atoms with Crippen molar-refractivity contribution in [3.63, 3.8) is 0 Å². The third kappa shape index (κ3) is 4.86. The number of rotatable bonds is 8. The van der Waals surface area contributed by atoms with Crippen LogP contribution in [0.3, 0.4) is 0 Å². The van der Waals surface area contributed by atoms with E-state index in [4.69, 9.17) is 11.6 Å². The summed E-state index contributed by atoms with van der Waals surface area (Å²) in [5, 5.41) is 16.8. The molecule has 0 aromatic heterocycles. The van der Waals surface area contributed by atoms with Crippen LogP contribution in [-0.2, 0) is 20.9 Å². The average molecular weight is 655 g/mol. The van der Waals surface area contributed by atoms with Crippen LogP contribution in [0.2, 0.25) is 5.02 Å². The highest BCUT2D eigenvalue weighted by molar-refractivity contribution is 9.09. The number of thioether (sulfide) groups is 1. The summed E-state index contributed by atoms with van der Waals surface area (Å²) < 4.78 is -0.863. The SMILES string of the molecule is O=C(Nc1ccccc1Cl)C1N([C@H](CO)c2ccccc2)C(=O)[C@@H]2[C@@H](C(=O)NCc3ccccc3)[C@@H]3SC12CC3Br. The maximum atomic E-state index is 14.5. The van der Waals surface area contributed by atoms with Gasteiger partial charge in [-0.05, 0) is 29.7 Å². The van der Waals surface area contributed by atoms with Crippen LogP contribution in [0.15, 0.2) is 84.9 Å². The number of hydrogen-bond acceptors (Lipinski definition) is 5. The summed E-state index contributed by atoms with van der Waals surface area (Å²) in [5.41, 5.74) is 2.12. The first kappa shape index (κ1) is 28.3. The third-order valence-corrected chi connectivity index (χ3v) is 12.0. The standard InChI is InChI=1S/C31H29BrClN3O4S/c32-20-15-31-25(24(26(20)41-31)28(38)34-16-18-9-3-1-4-10-18)30(40)36(23(17-37)19-11-5-2-6-12-19)27(31)29(39)35-22-14-8-7-13-21(22)33/h1-14,20,23-27,37H,15-17H2,(H,34,38)(H,35,39)/t20?,23-,24-,25+,26-,27?,31?/m1/s1. The van der Waals surface area contributed by atoms with E-state index in [0.29, 0.717) is 23.7 Å². The molecule has 7 nitrogen and oxygen atoms in total. The van der Waals surface area contributed by atoms with Gasteiger partial charge in [-0.25, -0.2) is 0 Å². The number of likely N-dealkylation sites (tertiary alicyclic amines) is 1. The van der Waals surface area contributed by atoms with E-state index in [2.05, 4.69) is 26.6 Å². The number of benzene rings is 3. The lowest BCUT2D eigenvalue weighted by Crippen LogP contribution is -2.53. The van der Waals surface area contributed by atoms with Crippen LogP contribution in [0.4, 0.5) is 5.69 Å². The Balaban J connectivity index is 1.39. The van der Waals surface area contributed by atoms with E-state index in [1.54, 1.807) is 36.0 Å². The number of carbonyl (C=O) groups excluding carboxylic acids is 3. The molecule has 0 saturated carbocycles. The van der Waals surface area contributed by atoms with Gasteiger partial charge in [0.1, 0.15) is 6.04 Å². The minimum atomic E-state index is -0.935. The van der Waals surface area contributed by atoms with Gasteiger partial charge >= 0.3 is 0 Å². The fourth-order valence-electron chi connectivity index (χ4n) is 6.70. The van der Waals surface area contributed by atoms with E-state index < -0.39 is 28.7 Å². The molecule has 3 N–H and O–H groups in total. The fourth-order valence-corrected chi connectivity index (χ4v) is 10.5. The number of aliphatic hydroxyl groups is 1. The van der Waals surface area contributed by atoms with Crippen molar-refractivity contribution >= 4 is 62.7 Å². The molecule has 3 heterocycles. The van der Waals surface area contributed by atoms with Crippen molar-refractivity contribution in [1.29, 1.82) is 0 Å². The maximum Gasteiger partial charge on any atom is 0.248 e. The molecule has 3 unspecified atom stereocenters. The Morgan fingerprint density at radius 2 is 1.68 bits per heavy atom. The molecular formula is C31H29BrClN3O4S. The Hall–Kier alpha value is -2.85. The topological polar surface area (TPSA) is 98.7 Å². The molecule has 212 valence electrons. The summed E-state index contributed by atoms with van der Waals surface area (Å²) in [7, 11) is 0. The van der Waals surface area contributed by atoms with Crippen molar-refractivity contribution in [3.05, 3.63) is 101 Å². The van der Waals surface area contributed by atoms with E-state index in [1.165, 1.54) is 4.90 Å². The molecule has 3 saturated heterocycles. The molecule has 1 spiro atoms. The van der Waals surface area contributed by atoms with Gasteiger partial charge in [0.05, 0.1) is 39.9 Å². The highest BCUT2D eigenvalue weighted by Gasteiger charge is 2.76. The average Bonchev–Trinajstić information content (AvgIpc) is 3.58. The van der Waals surface area contributed by atoms with E-state index in [0.717, 1.165) is 11.1 Å². The molecule has 3 fully saturated rings. The van der Waals surface area contributed by atoms with E-state index in [9.17, 15) is 19.5 Å². The van der Waals surface area contributed by atoms with Crippen molar-refractivity contribution in [2.75, 3.05) is 11.9 Å². The number of fused-ring (bicyclic) bond motifs is 1. The zero-order valence-corrected chi connectivity index (χ0v) is 25.1. The lowest BCUT2D eigenvalue weighted by atomic mass is 9.70. The van der Waals surface area contributed by atoms with Gasteiger partial charge in [-0.15, -0.1) is 11.8 Å². The second-order valence-electron chi connectivity index (χ2n) is 10.7. The molecule has 2 bridgehead atoms. The summed E-state index contributed by atoms with van der Waals surface area (Å²) in [6, 6.07) is 24.1. The van der Waals surface area contributed by atoms with Gasteiger partial charge in [0.2, 0.25) is 17.7 Å². The first-order chi connectivity index (χ1) is 19.9. The predicted molar refractivity (Wildman–Crippen MR) is 164 cm³/mol. The molecule has 3 amide bonds. The number of carbonyl (C=O) groups is 3. The Kier molecular flexibility index (Phi) is 7.89. The highest BCUT2D eigenvalue weighted by Crippen LogP contribution is 2.68. The van der Waals surface area contributed by atoms with Gasteiger partial charge in [-0.1, -0.05) is 100 Å². The molecule has 3 aliphatic heterocycles. The van der Waals surface area contributed by atoms with Gasteiger partial charge in [0.25, 0.3) is 0 Å². The predicted octanol–water partition coefficient (Wildman–Crippen LogP) is 4.79. The molecule has 0 aliphatic carbocycles. The zero-order valence-electron chi connectivity index (χ0n) is 22.0. The normalized spacial score (nSPS) is 28.8. The Labute approximate surface area is 256 Å². The molecule has 3 aromatic rings. The Bertz CT molecular complexity index is 1460. The minimum Gasteiger partial charge on any atom is -0.394 e. The molecule has 3 aromatic carbocycles. The quantitative estimate of drug-likeness (QED) is 0.304. The van der Waals surface area contributed by atoms with Gasteiger partial charge in [0.15, 0.2) is 0 Å². The van der Waals surface area contributed by atoms with E-state index in [1.807, 2.05) is 60.7 Å². The second kappa shape index (κ2) is 11.4. The monoisotopic (exact) mass is 653 g/mol. The zero-order chi connectivity index (χ0) is 28.7. The largest absolute Gasteiger partial charge is 0.394 e. The van der Waals surface area contributed by atoms with Crippen molar-refractivity contribution in [2.45, 2.75) is 39.9 Å². The van der Waals surface area contributed by atoms with Gasteiger partial charge in [0, 0.05) is 16.6 Å². The lowest BCUT2D eigenvalue weighted by molar-refractivity contribution is -0.142. The fraction of sp³-hybridized carbons (Fsp3) is 0.323. The van der Waals surface area contributed by atoms with Crippen molar-refractivity contribution in [2.24, 2.45) is 11.8 Å². The number of hydrogen-bond donors (Lipinski definition) is 3. The summed E-state index contributed by atoms with van der Waals surface area (Å²) >= 11 is 11.7. The summed E-state index contributed by atoms with van der Waals surface area (Å²) in [6.07, 6.45) is 0.533. The smallest absolute Gasteiger partial charge is 0.248 e.